The van der Waals surface area contributed by atoms with E-state index >= 15 is 0 Å². The summed E-state index contributed by atoms with van der Waals surface area (Å²) in [5, 5.41) is 3.81. The van der Waals surface area contributed by atoms with Gasteiger partial charge >= 0.3 is 0 Å². The van der Waals surface area contributed by atoms with Gasteiger partial charge in [0.1, 0.15) is 0 Å². The third-order valence-corrected chi connectivity index (χ3v) is 4.86. The Kier molecular flexibility index (Phi) is 4.38. The third-order valence-electron chi connectivity index (χ3n) is 3.42. The zero-order valence-electron chi connectivity index (χ0n) is 11.0. The number of ether oxygens (including phenoxy) is 1. The Morgan fingerprint density at radius 1 is 1.47 bits per heavy atom. The maximum atomic E-state index is 11.5. The normalized spacial score (nSPS) is 21.3. The van der Waals surface area contributed by atoms with Crippen LogP contribution in [0.1, 0.15) is 13.3 Å². The van der Waals surface area contributed by atoms with Crippen LogP contribution in [0.4, 0.5) is 5.69 Å². The summed E-state index contributed by atoms with van der Waals surface area (Å²) in [4.78, 5) is 0.272. The highest BCUT2D eigenvalue weighted by atomic mass is 35.5. The molecule has 0 bridgehead atoms. The molecule has 2 rings (SSSR count). The molecule has 1 saturated heterocycles. The molecule has 1 aromatic carbocycles. The number of hydrogen-bond donors (Lipinski definition) is 1. The van der Waals surface area contributed by atoms with Gasteiger partial charge < -0.3 is 10.1 Å². The zero-order valence-corrected chi connectivity index (χ0v) is 12.6. The molecule has 19 heavy (non-hydrogen) atoms. The zero-order chi connectivity index (χ0) is 14.0. The van der Waals surface area contributed by atoms with Gasteiger partial charge in [-0.05, 0) is 31.5 Å². The number of hydrogen-bond acceptors (Lipinski definition) is 4. The molecule has 0 spiro atoms. The van der Waals surface area contributed by atoms with Crippen molar-refractivity contribution in [2.45, 2.75) is 24.3 Å². The summed E-state index contributed by atoms with van der Waals surface area (Å²) in [6.45, 7) is 3.58. The molecule has 6 heteroatoms. The van der Waals surface area contributed by atoms with Gasteiger partial charge in [0.2, 0.25) is 0 Å². The van der Waals surface area contributed by atoms with Crippen LogP contribution in [0.15, 0.2) is 23.1 Å². The van der Waals surface area contributed by atoms with E-state index in [1.54, 1.807) is 12.1 Å². The summed E-state index contributed by atoms with van der Waals surface area (Å²) in [6.07, 6.45) is 2.20. The molecule has 1 fully saturated rings. The van der Waals surface area contributed by atoms with Crippen LogP contribution in [0.2, 0.25) is 5.02 Å². The smallest absolute Gasteiger partial charge is 0.175 e. The van der Waals surface area contributed by atoms with Crippen molar-refractivity contribution >= 4 is 27.1 Å². The molecule has 106 valence electrons. The van der Waals surface area contributed by atoms with E-state index in [0.29, 0.717) is 16.6 Å². The Hall–Kier alpha value is -0.780. The standard InChI is InChI=1S/C13H18ClNO3S/c1-9(10-5-6-18-8-10)15-13-7-11(19(2,16)17)3-4-12(13)14/h3-4,7,9-10,15H,5-6,8H2,1-2H3. The number of nitrogens with one attached hydrogen (secondary N) is 1. The molecule has 0 saturated carbocycles. The molecule has 0 aliphatic carbocycles. The Labute approximate surface area is 119 Å². The minimum absolute atomic E-state index is 0.190. The van der Waals surface area contributed by atoms with E-state index in [2.05, 4.69) is 12.2 Å². The van der Waals surface area contributed by atoms with E-state index in [-0.39, 0.29) is 10.9 Å². The van der Waals surface area contributed by atoms with Crippen LogP contribution in [-0.2, 0) is 14.6 Å². The van der Waals surface area contributed by atoms with E-state index < -0.39 is 9.84 Å². The first-order valence-electron chi connectivity index (χ1n) is 6.22. The Morgan fingerprint density at radius 2 is 2.21 bits per heavy atom. The summed E-state index contributed by atoms with van der Waals surface area (Å²) in [5.41, 5.74) is 0.656. The van der Waals surface area contributed by atoms with E-state index in [4.69, 9.17) is 16.3 Å². The summed E-state index contributed by atoms with van der Waals surface area (Å²) in [6, 6.07) is 4.91. The average molecular weight is 304 g/mol. The quantitative estimate of drug-likeness (QED) is 0.929. The maximum Gasteiger partial charge on any atom is 0.175 e. The average Bonchev–Trinajstić information content (AvgIpc) is 2.84. The lowest BCUT2D eigenvalue weighted by Gasteiger charge is -2.21. The van der Waals surface area contributed by atoms with Gasteiger partial charge in [-0.15, -0.1) is 0 Å². The first kappa shape index (κ1) is 14.6. The van der Waals surface area contributed by atoms with E-state index in [1.165, 1.54) is 12.3 Å². The minimum atomic E-state index is -3.22. The fourth-order valence-corrected chi connectivity index (χ4v) is 2.98. The number of halogens is 1. The van der Waals surface area contributed by atoms with Crippen molar-refractivity contribution in [3.05, 3.63) is 23.2 Å². The molecular formula is C13H18ClNO3S. The summed E-state index contributed by atoms with van der Waals surface area (Å²) < 4.78 is 28.5. The van der Waals surface area contributed by atoms with Crippen LogP contribution in [0.3, 0.4) is 0 Å². The molecule has 1 aliphatic rings. The van der Waals surface area contributed by atoms with Crippen LogP contribution >= 0.6 is 11.6 Å². The monoisotopic (exact) mass is 303 g/mol. The summed E-state index contributed by atoms with van der Waals surface area (Å²) in [7, 11) is -3.22. The lowest BCUT2D eigenvalue weighted by atomic mass is 10.0. The second-order valence-corrected chi connectivity index (χ2v) is 7.39. The van der Waals surface area contributed by atoms with E-state index in [1.807, 2.05) is 0 Å². The minimum Gasteiger partial charge on any atom is -0.381 e. The van der Waals surface area contributed by atoms with Gasteiger partial charge in [-0.1, -0.05) is 11.6 Å². The first-order valence-corrected chi connectivity index (χ1v) is 8.49. The highest BCUT2D eigenvalue weighted by Gasteiger charge is 2.23. The van der Waals surface area contributed by atoms with Gasteiger partial charge in [-0.3, -0.25) is 0 Å². The Balaban J connectivity index is 2.19. The van der Waals surface area contributed by atoms with Crippen LogP contribution < -0.4 is 5.32 Å². The van der Waals surface area contributed by atoms with Gasteiger partial charge in [0.25, 0.3) is 0 Å². The van der Waals surface area contributed by atoms with Gasteiger partial charge in [0, 0.05) is 24.8 Å². The van der Waals surface area contributed by atoms with Gasteiger partial charge in [-0.25, -0.2) is 8.42 Å². The molecule has 1 aromatic rings. The van der Waals surface area contributed by atoms with E-state index in [9.17, 15) is 8.42 Å². The lowest BCUT2D eigenvalue weighted by Crippen LogP contribution is -2.26. The van der Waals surface area contributed by atoms with Crippen molar-refractivity contribution in [3.8, 4) is 0 Å². The topological polar surface area (TPSA) is 55.4 Å². The summed E-state index contributed by atoms with van der Waals surface area (Å²) in [5.74, 6) is 0.429. The molecule has 4 nitrogen and oxygen atoms in total. The fourth-order valence-electron chi connectivity index (χ4n) is 2.16. The molecule has 2 atom stereocenters. The van der Waals surface area contributed by atoms with Gasteiger partial charge in [0.15, 0.2) is 9.84 Å². The summed E-state index contributed by atoms with van der Waals surface area (Å²) >= 11 is 6.11. The highest BCUT2D eigenvalue weighted by molar-refractivity contribution is 7.90. The van der Waals surface area contributed by atoms with Crippen molar-refractivity contribution in [1.29, 1.82) is 0 Å². The Morgan fingerprint density at radius 3 is 2.79 bits per heavy atom. The van der Waals surface area contributed by atoms with Crippen LogP contribution in [0.5, 0.6) is 0 Å². The van der Waals surface area contributed by atoms with Crippen LogP contribution in [-0.4, -0.2) is 33.9 Å². The molecule has 0 aromatic heterocycles. The number of benzene rings is 1. The van der Waals surface area contributed by atoms with Crippen LogP contribution in [0, 0.1) is 5.92 Å². The van der Waals surface area contributed by atoms with Crippen molar-refractivity contribution in [2.24, 2.45) is 5.92 Å². The van der Waals surface area contributed by atoms with Gasteiger partial charge in [0.05, 0.1) is 22.2 Å². The highest BCUT2D eigenvalue weighted by Crippen LogP contribution is 2.28. The van der Waals surface area contributed by atoms with E-state index in [0.717, 1.165) is 19.6 Å². The first-order chi connectivity index (χ1) is 8.88. The Bertz CT molecular complexity index is 553. The third kappa shape index (κ3) is 3.61. The van der Waals surface area contributed by atoms with Gasteiger partial charge in [-0.2, -0.15) is 0 Å². The molecule has 2 unspecified atom stereocenters. The predicted molar refractivity (Wildman–Crippen MR) is 76.6 cm³/mol. The predicted octanol–water partition coefficient (Wildman–Crippen LogP) is 2.58. The second-order valence-electron chi connectivity index (χ2n) is 4.97. The van der Waals surface area contributed by atoms with Crippen molar-refractivity contribution in [1.82, 2.24) is 0 Å². The fraction of sp³-hybridized carbons (Fsp3) is 0.538. The number of sulfone groups is 1. The van der Waals surface area contributed by atoms with Crippen LogP contribution in [0.25, 0.3) is 0 Å². The molecule has 0 amide bonds. The van der Waals surface area contributed by atoms with Crippen molar-refractivity contribution < 1.29 is 13.2 Å². The number of rotatable bonds is 4. The molecular weight excluding hydrogens is 286 g/mol. The molecule has 0 radical (unpaired) electrons. The number of anilines is 1. The van der Waals surface area contributed by atoms with Crippen molar-refractivity contribution in [2.75, 3.05) is 24.8 Å². The molecule has 1 aliphatic heterocycles. The molecule has 1 N–H and O–H groups in total. The molecule has 1 heterocycles. The lowest BCUT2D eigenvalue weighted by molar-refractivity contribution is 0.183. The van der Waals surface area contributed by atoms with Crippen molar-refractivity contribution in [3.63, 3.8) is 0 Å². The maximum absolute atomic E-state index is 11.5. The second kappa shape index (κ2) is 5.69. The SMILES string of the molecule is CC(Nc1cc(S(C)(=O)=O)ccc1Cl)C1CCOC1. The largest absolute Gasteiger partial charge is 0.381 e.